The molecule has 8 nitrogen and oxygen atoms in total. The number of likely N-dealkylation sites (tertiary alicyclic amines) is 1. The van der Waals surface area contributed by atoms with Gasteiger partial charge in [-0.25, -0.2) is 4.79 Å². The molecule has 0 unspecified atom stereocenters. The molecule has 2 aromatic rings. The second kappa shape index (κ2) is 10.0. The highest BCUT2D eigenvalue weighted by Gasteiger charge is 2.19. The smallest absolute Gasteiger partial charge is 0.338 e. The number of benzene rings is 1. The van der Waals surface area contributed by atoms with Gasteiger partial charge in [0, 0.05) is 13.1 Å². The summed E-state index contributed by atoms with van der Waals surface area (Å²) in [5.41, 5.74) is 0.343. The van der Waals surface area contributed by atoms with Crippen LogP contribution in [-0.4, -0.2) is 52.7 Å². The van der Waals surface area contributed by atoms with E-state index in [2.05, 4.69) is 9.59 Å². The zero-order valence-electron chi connectivity index (χ0n) is 15.8. The second-order valence-corrected chi connectivity index (χ2v) is 7.15. The second-order valence-electron chi connectivity index (χ2n) is 6.28. The largest absolute Gasteiger partial charge is 0.490 e. The van der Waals surface area contributed by atoms with E-state index in [0.717, 1.165) is 37.2 Å². The average Bonchev–Trinajstić information content (AvgIpc) is 3.25. The quantitative estimate of drug-likeness (QED) is 0.624. The standard InChI is InChI=1S/C19H23N3O5S/c1-2-25-17-10-14(19(24)27-12-15-11-20-21-28-15)6-7-16(17)26-13-18(23)22-8-4-3-5-9-22/h6-7,10-11H,2-5,8-9,12-13H2,1H3. The Morgan fingerprint density at radius 3 is 2.68 bits per heavy atom. The number of amides is 1. The summed E-state index contributed by atoms with van der Waals surface area (Å²) >= 11 is 1.18. The molecule has 1 aromatic carbocycles. The Balaban J connectivity index is 1.61. The molecule has 0 N–H and O–H groups in total. The summed E-state index contributed by atoms with van der Waals surface area (Å²) in [6.07, 6.45) is 4.78. The van der Waals surface area contributed by atoms with Crippen molar-refractivity contribution in [3.63, 3.8) is 0 Å². The molecule has 28 heavy (non-hydrogen) atoms. The third-order valence-corrected chi connectivity index (χ3v) is 4.93. The molecule has 1 saturated heterocycles. The Hall–Kier alpha value is -2.68. The van der Waals surface area contributed by atoms with Crippen LogP contribution in [0.2, 0.25) is 0 Å². The van der Waals surface area contributed by atoms with Crippen LogP contribution in [0.4, 0.5) is 0 Å². The third kappa shape index (κ3) is 5.41. The lowest BCUT2D eigenvalue weighted by atomic mass is 10.1. The first-order valence-corrected chi connectivity index (χ1v) is 10.1. The molecule has 1 aromatic heterocycles. The van der Waals surface area contributed by atoms with E-state index in [1.165, 1.54) is 11.5 Å². The Labute approximate surface area is 167 Å². The van der Waals surface area contributed by atoms with E-state index >= 15 is 0 Å². The summed E-state index contributed by atoms with van der Waals surface area (Å²) in [6.45, 7) is 3.86. The van der Waals surface area contributed by atoms with Crippen molar-refractivity contribution in [3.8, 4) is 11.5 Å². The van der Waals surface area contributed by atoms with Crippen molar-refractivity contribution in [3.05, 3.63) is 34.8 Å². The first-order valence-electron chi connectivity index (χ1n) is 9.28. The molecule has 0 radical (unpaired) electrons. The molecule has 2 heterocycles. The summed E-state index contributed by atoms with van der Waals surface area (Å²) in [5.74, 6) is 0.312. The number of carbonyl (C=O) groups is 2. The fourth-order valence-electron chi connectivity index (χ4n) is 2.87. The SMILES string of the molecule is CCOc1cc(C(=O)OCc2cnns2)ccc1OCC(=O)N1CCCCC1. The summed E-state index contributed by atoms with van der Waals surface area (Å²) < 4.78 is 20.2. The lowest BCUT2D eigenvalue weighted by Crippen LogP contribution is -2.38. The highest BCUT2D eigenvalue weighted by atomic mass is 32.1. The number of hydrogen-bond acceptors (Lipinski definition) is 8. The molecule has 1 aliphatic heterocycles. The van der Waals surface area contributed by atoms with Gasteiger partial charge in [0.25, 0.3) is 5.91 Å². The van der Waals surface area contributed by atoms with E-state index in [1.807, 2.05) is 11.8 Å². The molecule has 0 saturated carbocycles. The lowest BCUT2D eigenvalue weighted by Gasteiger charge is -2.26. The minimum Gasteiger partial charge on any atom is -0.490 e. The fourth-order valence-corrected chi connectivity index (χ4v) is 3.27. The molecule has 1 amide bonds. The monoisotopic (exact) mass is 405 g/mol. The van der Waals surface area contributed by atoms with E-state index in [9.17, 15) is 9.59 Å². The van der Waals surface area contributed by atoms with Gasteiger partial charge in [0.1, 0.15) is 6.61 Å². The summed E-state index contributed by atoms with van der Waals surface area (Å²) in [5, 5.41) is 3.70. The summed E-state index contributed by atoms with van der Waals surface area (Å²) in [7, 11) is 0. The number of esters is 1. The highest BCUT2D eigenvalue weighted by Crippen LogP contribution is 2.29. The molecular formula is C19H23N3O5S. The highest BCUT2D eigenvalue weighted by molar-refractivity contribution is 7.05. The predicted octanol–water partition coefficient (Wildman–Crippen LogP) is 2.69. The van der Waals surface area contributed by atoms with E-state index in [0.29, 0.717) is 23.7 Å². The van der Waals surface area contributed by atoms with Crippen LogP contribution in [0.1, 0.15) is 41.4 Å². The number of nitrogens with zero attached hydrogens (tertiary/aromatic N) is 3. The normalized spacial score (nSPS) is 13.8. The molecule has 9 heteroatoms. The van der Waals surface area contributed by atoms with Gasteiger partial charge in [0.2, 0.25) is 0 Å². The van der Waals surface area contributed by atoms with Crippen LogP contribution < -0.4 is 9.47 Å². The summed E-state index contributed by atoms with van der Waals surface area (Å²) in [4.78, 5) is 27.1. The van der Waals surface area contributed by atoms with Crippen molar-refractivity contribution in [1.82, 2.24) is 14.5 Å². The molecule has 150 valence electrons. The van der Waals surface area contributed by atoms with Gasteiger partial charge in [-0.2, -0.15) is 0 Å². The van der Waals surface area contributed by atoms with Gasteiger partial charge in [-0.15, -0.1) is 5.10 Å². The zero-order chi connectivity index (χ0) is 19.8. The van der Waals surface area contributed by atoms with Gasteiger partial charge in [0.05, 0.1) is 23.2 Å². The minimum atomic E-state index is -0.481. The Morgan fingerprint density at radius 2 is 1.96 bits per heavy atom. The van der Waals surface area contributed by atoms with Gasteiger partial charge < -0.3 is 19.1 Å². The van der Waals surface area contributed by atoms with E-state index in [4.69, 9.17) is 14.2 Å². The molecular weight excluding hydrogens is 382 g/mol. The predicted molar refractivity (Wildman–Crippen MR) is 103 cm³/mol. The van der Waals surface area contributed by atoms with E-state index in [-0.39, 0.29) is 19.1 Å². The van der Waals surface area contributed by atoms with Crippen LogP contribution in [0.25, 0.3) is 0 Å². The van der Waals surface area contributed by atoms with Crippen LogP contribution >= 0.6 is 11.5 Å². The van der Waals surface area contributed by atoms with Crippen molar-refractivity contribution >= 4 is 23.4 Å². The number of aromatic nitrogens is 2. The van der Waals surface area contributed by atoms with Crippen molar-refractivity contribution in [2.24, 2.45) is 0 Å². The molecule has 0 aliphatic carbocycles. The molecule has 1 aliphatic rings. The van der Waals surface area contributed by atoms with Gasteiger partial charge >= 0.3 is 5.97 Å². The Morgan fingerprint density at radius 1 is 1.14 bits per heavy atom. The maximum Gasteiger partial charge on any atom is 0.338 e. The first kappa shape index (κ1) is 20.1. The number of carbonyl (C=O) groups excluding carboxylic acids is 2. The van der Waals surface area contributed by atoms with Gasteiger partial charge in [-0.1, -0.05) is 4.49 Å². The van der Waals surface area contributed by atoms with Crippen LogP contribution in [-0.2, 0) is 16.1 Å². The maximum absolute atomic E-state index is 12.3. The molecule has 1 fully saturated rings. The molecule has 0 spiro atoms. The van der Waals surface area contributed by atoms with Crippen molar-refractivity contribution in [1.29, 1.82) is 0 Å². The van der Waals surface area contributed by atoms with Gasteiger partial charge in [0.15, 0.2) is 18.1 Å². The molecule has 0 bridgehead atoms. The summed E-state index contributed by atoms with van der Waals surface area (Å²) in [6, 6.07) is 4.78. The van der Waals surface area contributed by atoms with Crippen LogP contribution in [0.3, 0.4) is 0 Å². The Bertz CT molecular complexity index is 791. The van der Waals surface area contributed by atoms with Crippen LogP contribution in [0, 0.1) is 0 Å². The lowest BCUT2D eigenvalue weighted by molar-refractivity contribution is -0.134. The maximum atomic E-state index is 12.3. The van der Waals surface area contributed by atoms with Crippen LogP contribution in [0.5, 0.6) is 11.5 Å². The first-order chi connectivity index (χ1) is 13.7. The van der Waals surface area contributed by atoms with Crippen LogP contribution in [0.15, 0.2) is 24.4 Å². The average molecular weight is 405 g/mol. The topological polar surface area (TPSA) is 90.9 Å². The number of rotatable bonds is 8. The van der Waals surface area contributed by atoms with Crippen molar-refractivity contribution < 1.29 is 23.8 Å². The minimum absolute atomic E-state index is 0.0381. The van der Waals surface area contributed by atoms with Gasteiger partial charge in [-0.3, -0.25) is 4.79 Å². The number of ether oxygens (including phenoxy) is 3. The zero-order valence-corrected chi connectivity index (χ0v) is 16.6. The van der Waals surface area contributed by atoms with Crippen molar-refractivity contribution in [2.45, 2.75) is 32.8 Å². The van der Waals surface area contributed by atoms with E-state index in [1.54, 1.807) is 24.4 Å². The number of hydrogen-bond donors (Lipinski definition) is 0. The third-order valence-electron chi connectivity index (χ3n) is 4.29. The van der Waals surface area contributed by atoms with Crippen molar-refractivity contribution in [2.75, 3.05) is 26.3 Å². The Kier molecular flexibility index (Phi) is 7.18. The number of piperidine rings is 1. The molecule has 3 rings (SSSR count). The van der Waals surface area contributed by atoms with E-state index < -0.39 is 5.97 Å². The molecule has 0 atom stereocenters. The van der Waals surface area contributed by atoms with Gasteiger partial charge in [-0.05, 0) is 55.9 Å². The fraction of sp³-hybridized carbons (Fsp3) is 0.474.